The molecule has 1 amide bonds. The van der Waals surface area contributed by atoms with Crippen molar-refractivity contribution in [2.45, 2.75) is 31.4 Å². The zero-order chi connectivity index (χ0) is 11.3. The molecule has 2 heterocycles. The average Bonchev–Trinajstić information content (AvgIpc) is 2.51. The number of carbonyl (C=O) groups is 1. The van der Waals surface area contributed by atoms with Gasteiger partial charge in [-0.1, -0.05) is 24.3 Å². The summed E-state index contributed by atoms with van der Waals surface area (Å²) in [5, 5.41) is 10.0. The Labute approximate surface area is 94.7 Å². The first-order valence-corrected chi connectivity index (χ1v) is 5.71. The van der Waals surface area contributed by atoms with Crippen molar-refractivity contribution in [2.75, 3.05) is 6.54 Å². The maximum absolute atomic E-state index is 11.9. The van der Waals surface area contributed by atoms with Crippen molar-refractivity contribution in [3.63, 3.8) is 0 Å². The number of nitrogens with zero attached hydrogens (tertiary/aromatic N) is 1. The molecule has 2 atom stereocenters. The number of amides is 1. The number of benzene rings is 1. The van der Waals surface area contributed by atoms with Crippen LogP contribution in [0.1, 0.15) is 30.5 Å². The number of rotatable bonds is 0. The molecule has 2 aliphatic rings. The highest BCUT2D eigenvalue weighted by atomic mass is 16.3. The lowest BCUT2D eigenvalue weighted by atomic mass is 9.91. The van der Waals surface area contributed by atoms with Crippen LogP contribution in [-0.2, 0) is 11.2 Å². The number of fused-ring (bicyclic) bond motifs is 3. The molecule has 1 saturated heterocycles. The first kappa shape index (κ1) is 9.85. The molecule has 0 spiro atoms. The van der Waals surface area contributed by atoms with Crippen molar-refractivity contribution in [2.24, 2.45) is 0 Å². The van der Waals surface area contributed by atoms with Gasteiger partial charge in [-0.3, -0.25) is 4.79 Å². The third-order valence-corrected chi connectivity index (χ3v) is 3.72. The Hall–Kier alpha value is -1.35. The molecule has 0 radical (unpaired) electrons. The van der Waals surface area contributed by atoms with E-state index in [2.05, 4.69) is 12.1 Å². The molecule has 3 nitrogen and oxygen atoms in total. The second-order valence-electron chi connectivity index (χ2n) is 4.94. The second kappa shape index (κ2) is 3.08. The van der Waals surface area contributed by atoms with Crippen LogP contribution in [0.4, 0.5) is 0 Å². The summed E-state index contributed by atoms with van der Waals surface area (Å²) in [6, 6.07) is 8.29. The van der Waals surface area contributed by atoms with Crippen molar-refractivity contribution >= 4 is 5.91 Å². The van der Waals surface area contributed by atoms with Gasteiger partial charge in [0.25, 0.3) is 5.91 Å². The molecule has 1 unspecified atom stereocenters. The summed E-state index contributed by atoms with van der Waals surface area (Å²) in [4.78, 5) is 13.8. The molecule has 3 heteroatoms. The lowest BCUT2D eigenvalue weighted by Gasteiger charge is -2.31. The molecule has 0 aliphatic carbocycles. The molecule has 3 rings (SSSR count). The Kier molecular flexibility index (Phi) is 1.89. The minimum atomic E-state index is -1.18. The van der Waals surface area contributed by atoms with E-state index in [0.29, 0.717) is 6.42 Å². The van der Waals surface area contributed by atoms with Crippen molar-refractivity contribution in [1.82, 2.24) is 4.90 Å². The Morgan fingerprint density at radius 1 is 1.44 bits per heavy atom. The number of aliphatic hydroxyl groups is 1. The summed E-state index contributed by atoms with van der Waals surface area (Å²) < 4.78 is 0. The smallest absolute Gasteiger partial charge is 0.254 e. The topological polar surface area (TPSA) is 40.5 Å². The molecule has 1 fully saturated rings. The van der Waals surface area contributed by atoms with Crippen molar-refractivity contribution in [3.8, 4) is 0 Å². The van der Waals surface area contributed by atoms with Crippen LogP contribution in [0.5, 0.6) is 0 Å². The molecule has 1 aromatic rings. The molecule has 16 heavy (non-hydrogen) atoms. The van der Waals surface area contributed by atoms with Crippen molar-refractivity contribution < 1.29 is 9.90 Å². The summed E-state index contributed by atoms with van der Waals surface area (Å²) in [5.74, 6) is -0.119. The van der Waals surface area contributed by atoms with Crippen LogP contribution < -0.4 is 0 Å². The molecule has 1 N–H and O–H groups in total. The third-order valence-electron chi connectivity index (χ3n) is 3.72. The fourth-order valence-electron chi connectivity index (χ4n) is 2.89. The second-order valence-corrected chi connectivity index (χ2v) is 4.94. The Bertz CT molecular complexity index is 453. The number of hydrogen-bond acceptors (Lipinski definition) is 2. The van der Waals surface area contributed by atoms with E-state index >= 15 is 0 Å². The van der Waals surface area contributed by atoms with Gasteiger partial charge in [0.1, 0.15) is 5.60 Å². The highest BCUT2D eigenvalue weighted by molar-refractivity contribution is 5.87. The maximum atomic E-state index is 11.9. The van der Waals surface area contributed by atoms with E-state index in [4.69, 9.17) is 0 Å². The summed E-state index contributed by atoms with van der Waals surface area (Å²) in [6.45, 7) is 2.35. The number of carbonyl (C=O) groups excluding carboxylic acids is 1. The Morgan fingerprint density at radius 3 is 3.00 bits per heavy atom. The van der Waals surface area contributed by atoms with Gasteiger partial charge in [-0.2, -0.15) is 0 Å². The summed E-state index contributed by atoms with van der Waals surface area (Å²) in [6.07, 6.45) is 1.41. The van der Waals surface area contributed by atoms with Crippen LogP contribution >= 0.6 is 0 Å². The highest BCUT2D eigenvalue weighted by Crippen LogP contribution is 2.42. The quantitative estimate of drug-likeness (QED) is 0.711. The van der Waals surface area contributed by atoms with Gasteiger partial charge in [0.15, 0.2) is 0 Å². The zero-order valence-corrected chi connectivity index (χ0v) is 9.31. The number of hydrogen-bond donors (Lipinski definition) is 1. The minimum absolute atomic E-state index is 0.0763. The Balaban J connectivity index is 2.06. The van der Waals surface area contributed by atoms with E-state index in [1.807, 2.05) is 17.0 Å². The maximum Gasteiger partial charge on any atom is 0.254 e. The monoisotopic (exact) mass is 217 g/mol. The largest absolute Gasteiger partial charge is 0.380 e. The van der Waals surface area contributed by atoms with Crippen LogP contribution in [0.15, 0.2) is 24.3 Å². The van der Waals surface area contributed by atoms with Gasteiger partial charge in [0.2, 0.25) is 0 Å². The van der Waals surface area contributed by atoms with Crippen LogP contribution in [0.3, 0.4) is 0 Å². The van der Waals surface area contributed by atoms with Crippen LogP contribution in [0.25, 0.3) is 0 Å². The van der Waals surface area contributed by atoms with Gasteiger partial charge in [-0.25, -0.2) is 0 Å². The predicted molar refractivity (Wildman–Crippen MR) is 59.8 cm³/mol. The van der Waals surface area contributed by atoms with Gasteiger partial charge in [0, 0.05) is 13.0 Å². The lowest BCUT2D eigenvalue weighted by molar-refractivity contribution is -0.142. The van der Waals surface area contributed by atoms with E-state index in [1.165, 1.54) is 11.1 Å². The van der Waals surface area contributed by atoms with Gasteiger partial charge in [-0.15, -0.1) is 0 Å². The van der Waals surface area contributed by atoms with Crippen LogP contribution in [0.2, 0.25) is 0 Å². The van der Waals surface area contributed by atoms with E-state index in [-0.39, 0.29) is 11.9 Å². The van der Waals surface area contributed by atoms with Crippen LogP contribution in [-0.4, -0.2) is 28.1 Å². The van der Waals surface area contributed by atoms with Gasteiger partial charge < -0.3 is 10.0 Å². The van der Waals surface area contributed by atoms with Crippen LogP contribution in [0, 0.1) is 0 Å². The zero-order valence-electron chi connectivity index (χ0n) is 9.31. The van der Waals surface area contributed by atoms with Crippen molar-refractivity contribution in [3.05, 3.63) is 35.4 Å². The standard InChI is InChI=1S/C13H15NO2/c1-13(16)8-11-10-5-3-2-4-9(10)6-7-14(11)12(13)15/h2-5,11,16H,6-8H2,1H3/t11?,13-/m0/s1. The van der Waals surface area contributed by atoms with E-state index in [9.17, 15) is 9.90 Å². The van der Waals surface area contributed by atoms with E-state index in [0.717, 1.165) is 13.0 Å². The minimum Gasteiger partial charge on any atom is -0.380 e. The van der Waals surface area contributed by atoms with Crippen molar-refractivity contribution in [1.29, 1.82) is 0 Å². The summed E-state index contributed by atoms with van der Waals surface area (Å²) >= 11 is 0. The lowest BCUT2D eigenvalue weighted by Crippen LogP contribution is -2.40. The highest BCUT2D eigenvalue weighted by Gasteiger charge is 2.49. The Morgan fingerprint density at radius 2 is 2.19 bits per heavy atom. The molecular formula is C13H15NO2. The molecule has 1 aromatic carbocycles. The van der Waals surface area contributed by atoms with E-state index in [1.54, 1.807) is 6.92 Å². The SMILES string of the molecule is C[C@]1(O)CC2c3ccccc3CCN2C1=O. The average molecular weight is 217 g/mol. The van der Waals surface area contributed by atoms with Gasteiger partial charge in [-0.05, 0) is 24.5 Å². The van der Waals surface area contributed by atoms with E-state index < -0.39 is 5.60 Å². The predicted octanol–water partition coefficient (Wildman–Crippen LogP) is 1.27. The first-order chi connectivity index (χ1) is 7.59. The van der Waals surface area contributed by atoms with Gasteiger partial charge >= 0.3 is 0 Å². The fraction of sp³-hybridized carbons (Fsp3) is 0.462. The summed E-state index contributed by atoms with van der Waals surface area (Å²) in [5.41, 5.74) is 1.34. The molecule has 0 saturated carbocycles. The molecule has 2 aliphatic heterocycles. The normalized spacial score (nSPS) is 32.5. The molecule has 84 valence electrons. The molecule has 0 bridgehead atoms. The summed E-state index contributed by atoms with van der Waals surface area (Å²) in [7, 11) is 0. The van der Waals surface area contributed by atoms with Gasteiger partial charge in [0.05, 0.1) is 6.04 Å². The third kappa shape index (κ3) is 1.21. The molecule has 0 aromatic heterocycles. The molecular weight excluding hydrogens is 202 g/mol. The first-order valence-electron chi connectivity index (χ1n) is 5.71. The fourth-order valence-corrected chi connectivity index (χ4v) is 2.89.